The summed E-state index contributed by atoms with van der Waals surface area (Å²) in [5, 5.41) is 6.23. The molecule has 9 heteroatoms. The first kappa shape index (κ1) is 22.8. The van der Waals surface area contributed by atoms with E-state index in [1.165, 1.54) is 18.3 Å². The predicted octanol–water partition coefficient (Wildman–Crippen LogP) is 3.69. The van der Waals surface area contributed by atoms with Gasteiger partial charge >= 0.3 is 5.97 Å². The van der Waals surface area contributed by atoms with Crippen molar-refractivity contribution < 1.29 is 23.5 Å². The molecule has 0 aliphatic carbocycles. The van der Waals surface area contributed by atoms with Crippen molar-refractivity contribution in [2.75, 3.05) is 6.54 Å². The minimum atomic E-state index is -0.532. The quantitative estimate of drug-likeness (QED) is 0.225. The van der Waals surface area contributed by atoms with Crippen LogP contribution in [0.3, 0.4) is 0 Å². The first-order chi connectivity index (χ1) is 15.4. The molecule has 3 aromatic rings. The molecule has 0 aliphatic rings. The molecule has 7 nitrogen and oxygen atoms in total. The van der Waals surface area contributed by atoms with E-state index in [2.05, 4.69) is 31.8 Å². The number of hydrogen-bond donors (Lipinski definition) is 2. The summed E-state index contributed by atoms with van der Waals surface area (Å²) in [7, 11) is 0. The third-order valence-corrected chi connectivity index (χ3v) is 4.79. The Bertz CT molecular complexity index is 1150. The van der Waals surface area contributed by atoms with Crippen molar-refractivity contribution in [1.82, 2.24) is 10.7 Å². The Labute approximate surface area is 191 Å². The largest absolute Gasteiger partial charge is 0.423 e. The molecule has 0 saturated carbocycles. The number of benzene rings is 3. The van der Waals surface area contributed by atoms with Crippen LogP contribution in [0.1, 0.15) is 26.3 Å². The zero-order chi connectivity index (χ0) is 22.9. The Morgan fingerprint density at radius 1 is 0.969 bits per heavy atom. The minimum Gasteiger partial charge on any atom is -0.423 e. The fraction of sp³-hybridized carbons (Fsp3) is 0.0435. The molecule has 0 saturated heterocycles. The van der Waals surface area contributed by atoms with Gasteiger partial charge in [-0.3, -0.25) is 9.59 Å². The lowest BCUT2D eigenvalue weighted by Crippen LogP contribution is -2.34. The normalized spacial score (nSPS) is 10.6. The van der Waals surface area contributed by atoms with E-state index in [4.69, 9.17) is 4.74 Å². The highest BCUT2D eigenvalue weighted by Gasteiger charge is 2.11. The average Bonchev–Trinajstić information content (AvgIpc) is 2.79. The maximum Gasteiger partial charge on any atom is 0.344 e. The minimum absolute atomic E-state index is 0.239. The Hall–Kier alpha value is -3.85. The fourth-order valence-corrected chi connectivity index (χ4v) is 2.94. The summed E-state index contributed by atoms with van der Waals surface area (Å²) in [4.78, 5) is 35.9. The second kappa shape index (κ2) is 11.0. The van der Waals surface area contributed by atoms with E-state index in [0.29, 0.717) is 21.3 Å². The number of nitrogens with one attached hydrogen (secondary N) is 2. The molecule has 162 valence electrons. The van der Waals surface area contributed by atoms with Crippen molar-refractivity contribution in [3.8, 4) is 5.75 Å². The number of ether oxygens (including phenoxy) is 1. The van der Waals surface area contributed by atoms with Crippen molar-refractivity contribution in [2.24, 2.45) is 5.10 Å². The molecule has 3 aromatic carbocycles. The van der Waals surface area contributed by atoms with Gasteiger partial charge < -0.3 is 10.1 Å². The first-order valence-electron chi connectivity index (χ1n) is 9.35. The summed E-state index contributed by atoms with van der Waals surface area (Å²) in [6.07, 6.45) is 1.40. The highest BCUT2D eigenvalue weighted by Crippen LogP contribution is 2.19. The first-order valence-corrected chi connectivity index (χ1v) is 10.1. The number of rotatable bonds is 7. The molecule has 0 fully saturated rings. The molecule has 0 radical (unpaired) electrons. The Kier molecular flexibility index (Phi) is 7.82. The van der Waals surface area contributed by atoms with Crippen LogP contribution in [0.15, 0.2) is 82.4 Å². The van der Waals surface area contributed by atoms with Gasteiger partial charge in [0.15, 0.2) is 0 Å². The third kappa shape index (κ3) is 6.58. The Balaban J connectivity index is 1.45. The van der Waals surface area contributed by atoms with Crippen molar-refractivity contribution in [3.63, 3.8) is 0 Å². The van der Waals surface area contributed by atoms with Crippen LogP contribution in [0.5, 0.6) is 5.75 Å². The highest BCUT2D eigenvalue weighted by atomic mass is 79.9. The lowest BCUT2D eigenvalue weighted by atomic mass is 10.2. The number of carbonyl (C=O) groups excluding carboxylic acids is 3. The number of hydrogen-bond acceptors (Lipinski definition) is 5. The van der Waals surface area contributed by atoms with E-state index >= 15 is 0 Å². The number of nitrogens with zero attached hydrogens (tertiary/aromatic N) is 1. The van der Waals surface area contributed by atoms with Gasteiger partial charge in [-0.15, -0.1) is 0 Å². The van der Waals surface area contributed by atoms with Gasteiger partial charge in [-0.05, 0) is 82.2 Å². The van der Waals surface area contributed by atoms with E-state index < -0.39 is 23.6 Å². The van der Waals surface area contributed by atoms with Crippen LogP contribution in [0, 0.1) is 5.82 Å². The van der Waals surface area contributed by atoms with Crippen molar-refractivity contribution in [1.29, 1.82) is 0 Å². The second-order valence-electron chi connectivity index (χ2n) is 6.42. The zero-order valence-corrected chi connectivity index (χ0v) is 18.1. The van der Waals surface area contributed by atoms with E-state index in [1.54, 1.807) is 48.5 Å². The maximum atomic E-state index is 12.9. The van der Waals surface area contributed by atoms with Crippen LogP contribution in [0.25, 0.3) is 0 Å². The molecule has 32 heavy (non-hydrogen) atoms. The summed E-state index contributed by atoms with van der Waals surface area (Å²) in [5.74, 6) is -1.62. The molecule has 0 unspecified atom stereocenters. The molecule has 0 aromatic heterocycles. The molecular formula is C23H17BrFN3O4. The summed E-state index contributed by atoms with van der Waals surface area (Å²) in [6.45, 7) is -0.294. The van der Waals surface area contributed by atoms with Crippen molar-refractivity contribution in [3.05, 3.63) is 99.8 Å². The summed E-state index contributed by atoms with van der Waals surface area (Å²) < 4.78 is 18.8. The van der Waals surface area contributed by atoms with E-state index in [-0.39, 0.29) is 12.1 Å². The topological polar surface area (TPSA) is 96.9 Å². The molecule has 2 N–H and O–H groups in total. The Morgan fingerprint density at radius 3 is 2.34 bits per heavy atom. The molecule has 0 spiro atoms. The lowest BCUT2D eigenvalue weighted by molar-refractivity contribution is -0.120. The van der Waals surface area contributed by atoms with Crippen LogP contribution in [0.4, 0.5) is 4.39 Å². The van der Waals surface area contributed by atoms with Crippen LogP contribution in [-0.4, -0.2) is 30.5 Å². The Morgan fingerprint density at radius 2 is 1.66 bits per heavy atom. The van der Waals surface area contributed by atoms with E-state index in [0.717, 1.165) is 12.1 Å². The van der Waals surface area contributed by atoms with E-state index in [9.17, 15) is 18.8 Å². The molecule has 3 rings (SSSR count). The summed E-state index contributed by atoms with van der Waals surface area (Å²) >= 11 is 3.31. The predicted molar refractivity (Wildman–Crippen MR) is 120 cm³/mol. The summed E-state index contributed by atoms with van der Waals surface area (Å²) in [5.41, 5.74) is 3.59. The smallest absolute Gasteiger partial charge is 0.344 e. The molecule has 0 heterocycles. The van der Waals surface area contributed by atoms with Gasteiger partial charge in [-0.25, -0.2) is 14.6 Å². The standard InChI is InChI=1S/C23H17BrFN3O4/c24-20-4-2-1-3-19(20)23(31)32-18-11-5-15(6-12-18)13-27-28-21(29)14-26-22(30)16-7-9-17(25)10-8-16/h1-13H,14H2,(H,26,30)(H,28,29)/b27-13-. The summed E-state index contributed by atoms with van der Waals surface area (Å²) in [6, 6.07) is 18.4. The lowest BCUT2D eigenvalue weighted by Gasteiger charge is -2.06. The van der Waals surface area contributed by atoms with Gasteiger partial charge in [-0.2, -0.15) is 5.10 Å². The number of amides is 2. The third-order valence-electron chi connectivity index (χ3n) is 4.10. The zero-order valence-electron chi connectivity index (χ0n) is 16.5. The fourth-order valence-electron chi connectivity index (χ4n) is 2.49. The number of halogens is 2. The van der Waals surface area contributed by atoms with Gasteiger partial charge in [0.05, 0.1) is 18.3 Å². The van der Waals surface area contributed by atoms with Crippen LogP contribution in [0.2, 0.25) is 0 Å². The van der Waals surface area contributed by atoms with Crippen LogP contribution < -0.4 is 15.5 Å². The van der Waals surface area contributed by atoms with Crippen LogP contribution in [-0.2, 0) is 4.79 Å². The van der Waals surface area contributed by atoms with Crippen molar-refractivity contribution in [2.45, 2.75) is 0 Å². The highest BCUT2D eigenvalue weighted by molar-refractivity contribution is 9.10. The van der Waals surface area contributed by atoms with E-state index in [1.807, 2.05) is 0 Å². The van der Waals surface area contributed by atoms with Gasteiger partial charge in [0.2, 0.25) is 0 Å². The molecule has 0 bridgehead atoms. The SMILES string of the molecule is O=C(CNC(=O)c1ccc(F)cc1)N/N=C\c1ccc(OC(=O)c2ccccc2Br)cc1. The number of hydrazone groups is 1. The van der Waals surface area contributed by atoms with Gasteiger partial charge in [-0.1, -0.05) is 12.1 Å². The molecular weight excluding hydrogens is 481 g/mol. The molecule has 0 atom stereocenters. The second-order valence-corrected chi connectivity index (χ2v) is 7.28. The van der Waals surface area contributed by atoms with Gasteiger partial charge in [0.1, 0.15) is 11.6 Å². The number of esters is 1. The van der Waals surface area contributed by atoms with Gasteiger partial charge in [0, 0.05) is 10.0 Å². The van der Waals surface area contributed by atoms with Crippen LogP contribution >= 0.6 is 15.9 Å². The molecule has 2 amide bonds. The van der Waals surface area contributed by atoms with Gasteiger partial charge in [0.25, 0.3) is 11.8 Å². The average molecular weight is 498 g/mol. The maximum absolute atomic E-state index is 12.9. The molecule has 0 aliphatic heterocycles. The van der Waals surface area contributed by atoms with Crippen molar-refractivity contribution >= 4 is 39.9 Å². The number of carbonyl (C=O) groups is 3. The monoisotopic (exact) mass is 497 g/mol.